The molecule has 138 valence electrons. The van der Waals surface area contributed by atoms with Gasteiger partial charge in [-0.3, -0.25) is 4.57 Å². The van der Waals surface area contributed by atoms with Crippen LogP contribution in [0.25, 0.3) is 49.8 Å². The first kappa shape index (κ1) is 16.5. The van der Waals surface area contributed by atoms with Crippen LogP contribution in [0.3, 0.4) is 0 Å². The van der Waals surface area contributed by atoms with Crippen molar-refractivity contribution in [3.05, 3.63) is 102 Å². The summed E-state index contributed by atoms with van der Waals surface area (Å²) in [5.74, 6) is 0. The fraction of sp³-hybridized carbons (Fsp3) is 0. The van der Waals surface area contributed by atoms with E-state index in [0.29, 0.717) is 0 Å². The summed E-state index contributed by atoms with van der Waals surface area (Å²) in [4.78, 5) is 0. The number of aromatic nitrogens is 1. The molecule has 0 aliphatic carbocycles. The first-order valence-electron chi connectivity index (χ1n) is 9.57. The molecular formula is C26H16ClNO. The molecule has 0 bridgehead atoms. The number of nitrogens with zero attached hydrogens (tertiary/aromatic N) is 1. The van der Waals surface area contributed by atoms with Gasteiger partial charge in [-0.05, 0) is 53.6 Å². The summed E-state index contributed by atoms with van der Waals surface area (Å²) in [7, 11) is 0. The van der Waals surface area contributed by atoms with Crippen molar-refractivity contribution < 1.29 is 4.42 Å². The van der Waals surface area contributed by atoms with Crippen LogP contribution in [0.1, 0.15) is 0 Å². The summed E-state index contributed by atoms with van der Waals surface area (Å²) < 4.78 is 8.58. The van der Waals surface area contributed by atoms with Crippen molar-refractivity contribution >= 4 is 44.6 Å². The van der Waals surface area contributed by atoms with Gasteiger partial charge in [-0.15, -0.1) is 0 Å². The second kappa shape index (κ2) is 6.26. The molecule has 0 amide bonds. The molecule has 2 nitrogen and oxygen atoms in total. The fourth-order valence-corrected chi connectivity index (χ4v) is 4.27. The van der Waals surface area contributed by atoms with Crippen molar-refractivity contribution in [2.45, 2.75) is 0 Å². The zero-order valence-electron chi connectivity index (χ0n) is 15.5. The highest BCUT2D eigenvalue weighted by Gasteiger charge is 2.19. The van der Waals surface area contributed by atoms with E-state index in [4.69, 9.17) is 16.0 Å². The van der Waals surface area contributed by atoms with Gasteiger partial charge in [0.15, 0.2) is 0 Å². The van der Waals surface area contributed by atoms with E-state index in [1.165, 1.54) is 5.39 Å². The van der Waals surface area contributed by atoms with E-state index < -0.39 is 0 Å². The van der Waals surface area contributed by atoms with E-state index >= 15 is 0 Å². The Morgan fingerprint density at radius 3 is 2.21 bits per heavy atom. The number of hydrogen-bond donors (Lipinski definition) is 0. The Hall–Kier alpha value is -3.49. The molecule has 6 rings (SSSR count). The standard InChI is InChI=1S/C26H16ClNO/c27-19-13-10-17(11-14-19)18-12-15-24-22(16-18)25-21-8-4-5-9-23(21)28(26(25)29-24)20-6-2-1-3-7-20/h1-16H. The van der Waals surface area contributed by atoms with Crippen LogP contribution in [0.4, 0.5) is 0 Å². The molecular weight excluding hydrogens is 378 g/mol. The Labute approximate surface area is 172 Å². The lowest BCUT2D eigenvalue weighted by molar-refractivity contribution is 0.645. The summed E-state index contributed by atoms with van der Waals surface area (Å²) in [6, 6.07) is 33.1. The highest BCUT2D eigenvalue weighted by Crippen LogP contribution is 2.40. The van der Waals surface area contributed by atoms with Crippen molar-refractivity contribution in [3.63, 3.8) is 0 Å². The molecule has 0 saturated carbocycles. The van der Waals surface area contributed by atoms with Gasteiger partial charge in [0, 0.05) is 21.5 Å². The summed E-state index contributed by atoms with van der Waals surface area (Å²) in [5, 5.41) is 4.21. The van der Waals surface area contributed by atoms with Gasteiger partial charge >= 0.3 is 0 Å². The van der Waals surface area contributed by atoms with E-state index in [0.717, 1.165) is 49.4 Å². The van der Waals surface area contributed by atoms with Gasteiger partial charge in [0.1, 0.15) is 5.58 Å². The first-order chi connectivity index (χ1) is 14.3. The Morgan fingerprint density at radius 1 is 0.655 bits per heavy atom. The third kappa shape index (κ3) is 2.50. The molecule has 0 atom stereocenters. The van der Waals surface area contributed by atoms with Gasteiger partial charge in [-0.2, -0.15) is 0 Å². The second-order valence-corrected chi connectivity index (χ2v) is 7.62. The zero-order valence-corrected chi connectivity index (χ0v) is 16.2. The predicted molar refractivity (Wildman–Crippen MR) is 121 cm³/mol. The van der Waals surface area contributed by atoms with Gasteiger partial charge in [-0.25, -0.2) is 0 Å². The molecule has 0 spiro atoms. The first-order valence-corrected chi connectivity index (χ1v) is 9.94. The highest BCUT2D eigenvalue weighted by atomic mass is 35.5. The van der Waals surface area contributed by atoms with Gasteiger partial charge in [-0.1, -0.05) is 66.2 Å². The number of furan rings is 1. The van der Waals surface area contributed by atoms with Gasteiger partial charge in [0.25, 0.3) is 0 Å². The quantitative estimate of drug-likeness (QED) is 0.293. The molecule has 0 N–H and O–H groups in total. The molecule has 0 unspecified atom stereocenters. The van der Waals surface area contributed by atoms with Crippen LogP contribution in [0.2, 0.25) is 5.02 Å². The van der Waals surface area contributed by atoms with Crippen molar-refractivity contribution in [2.24, 2.45) is 0 Å². The van der Waals surface area contributed by atoms with Gasteiger partial charge in [0.05, 0.1) is 10.9 Å². The van der Waals surface area contributed by atoms with Crippen molar-refractivity contribution in [3.8, 4) is 16.8 Å². The van der Waals surface area contributed by atoms with E-state index in [2.05, 4.69) is 71.3 Å². The van der Waals surface area contributed by atoms with Crippen LogP contribution < -0.4 is 0 Å². The summed E-state index contributed by atoms with van der Waals surface area (Å²) in [6.07, 6.45) is 0. The Kier molecular flexibility index (Phi) is 3.56. The van der Waals surface area contributed by atoms with Crippen molar-refractivity contribution in [1.29, 1.82) is 0 Å². The molecule has 0 aliphatic heterocycles. The van der Waals surface area contributed by atoms with Crippen LogP contribution >= 0.6 is 11.6 Å². The predicted octanol–water partition coefficient (Wildman–Crippen LogP) is 7.85. The Bertz CT molecular complexity index is 1490. The molecule has 3 heteroatoms. The van der Waals surface area contributed by atoms with Gasteiger partial charge < -0.3 is 4.42 Å². The molecule has 6 aromatic rings. The topological polar surface area (TPSA) is 18.1 Å². The number of para-hydroxylation sites is 2. The minimum atomic E-state index is 0.742. The average Bonchev–Trinajstić information content (AvgIpc) is 3.29. The lowest BCUT2D eigenvalue weighted by Gasteiger charge is -2.05. The van der Waals surface area contributed by atoms with Crippen LogP contribution in [-0.4, -0.2) is 4.57 Å². The lowest BCUT2D eigenvalue weighted by atomic mass is 10.0. The summed E-state index contributed by atoms with van der Waals surface area (Å²) in [6.45, 7) is 0. The minimum Gasteiger partial charge on any atom is -0.439 e. The SMILES string of the molecule is Clc1ccc(-c2ccc3oc4c(c3c2)c2ccccc2n4-c2ccccc2)cc1. The fourth-order valence-electron chi connectivity index (χ4n) is 4.15. The van der Waals surface area contributed by atoms with E-state index in [1.807, 2.05) is 30.3 Å². The number of benzene rings is 4. The third-order valence-electron chi connectivity index (χ3n) is 5.48. The summed E-state index contributed by atoms with van der Waals surface area (Å²) in [5.41, 5.74) is 6.29. The zero-order chi connectivity index (χ0) is 19.4. The van der Waals surface area contributed by atoms with E-state index in [-0.39, 0.29) is 0 Å². The van der Waals surface area contributed by atoms with Crippen LogP contribution in [-0.2, 0) is 0 Å². The molecule has 0 fully saturated rings. The third-order valence-corrected chi connectivity index (χ3v) is 5.73. The lowest BCUT2D eigenvalue weighted by Crippen LogP contribution is -1.91. The van der Waals surface area contributed by atoms with Crippen LogP contribution in [0, 0.1) is 0 Å². The van der Waals surface area contributed by atoms with Crippen LogP contribution in [0.5, 0.6) is 0 Å². The maximum absolute atomic E-state index is 6.37. The molecule has 0 aliphatic rings. The van der Waals surface area contributed by atoms with Crippen molar-refractivity contribution in [1.82, 2.24) is 4.57 Å². The highest BCUT2D eigenvalue weighted by molar-refractivity contribution is 6.30. The average molecular weight is 394 g/mol. The Balaban J connectivity index is 1.70. The maximum Gasteiger partial charge on any atom is 0.213 e. The molecule has 4 aromatic carbocycles. The molecule has 29 heavy (non-hydrogen) atoms. The Morgan fingerprint density at radius 2 is 1.38 bits per heavy atom. The number of hydrogen-bond acceptors (Lipinski definition) is 1. The maximum atomic E-state index is 6.37. The largest absolute Gasteiger partial charge is 0.439 e. The van der Waals surface area contributed by atoms with E-state index in [9.17, 15) is 0 Å². The monoisotopic (exact) mass is 393 g/mol. The van der Waals surface area contributed by atoms with E-state index in [1.54, 1.807) is 0 Å². The molecule has 2 heterocycles. The smallest absolute Gasteiger partial charge is 0.213 e. The number of rotatable bonds is 2. The molecule has 0 saturated heterocycles. The van der Waals surface area contributed by atoms with Gasteiger partial charge in [0.2, 0.25) is 5.71 Å². The number of fused-ring (bicyclic) bond motifs is 5. The van der Waals surface area contributed by atoms with Crippen LogP contribution in [0.15, 0.2) is 101 Å². The minimum absolute atomic E-state index is 0.742. The van der Waals surface area contributed by atoms with Crippen molar-refractivity contribution in [2.75, 3.05) is 0 Å². The normalized spacial score (nSPS) is 11.6. The molecule has 0 radical (unpaired) electrons. The number of halogens is 1. The summed E-state index contributed by atoms with van der Waals surface area (Å²) >= 11 is 6.06. The second-order valence-electron chi connectivity index (χ2n) is 7.19. The molecule has 2 aromatic heterocycles.